The van der Waals surface area contributed by atoms with Gasteiger partial charge < -0.3 is 5.32 Å². The van der Waals surface area contributed by atoms with Crippen LogP contribution in [0.25, 0.3) is 0 Å². The number of hydrogen-bond acceptors (Lipinski definition) is 2. The molecule has 0 saturated carbocycles. The molecule has 1 aromatic heterocycles. The maximum absolute atomic E-state index is 13.4. The molecule has 1 atom stereocenters. The van der Waals surface area contributed by atoms with Gasteiger partial charge in [0.1, 0.15) is 11.6 Å². The monoisotopic (exact) mass is 331 g/mol. The van der Waals surface area contributed by atoms with E-state index in [-0.39, 0.29) is 11.9 Å². The second-order valence-corrected chi connectivity index (χ2v) is 6.47. The third-order valence-electron chi connectivity index (χ3n) is 2.63. The van der Waals surface area contributed by atoms with Crippen molar-refractivity contribution in [3.05, 3.63) is 56.2 Å². The van der Waals surface area contributed by atoms with Crippen molar-refractivity contribution >= 4 is 27.3 Å². The SMILES string of the molecule is CC(NCc1cc(F)ccc1F)c1ccc(Br)s1. The molecule has 0 aliphatic rings. The summed E-state index contributed by atoms with van der Waals surface area (Å²) in [6, 6.07) is 7.58. The minimum atomic E-state index is -0.417. The summed E-state index contributed by atoms with van der Waals surface area (Å²) in [6.07, 6.45) is 0. The third-order valence-corrected chi connectivity index (χ3v) is 4.43. The Labute approximate surface area is 117 Å². The second kappa shape index (κ2) is 5.91. The zero-order valence-corrected chi connectivity index (χ0v) is 12.1. The van der Waals surface area contributed by atoms with Gasteiger partial charge in [-0.3, -0.25) is 0 Å². The summed E-state index contributed by atoms with van der Waals surface area (Å²) >= 11 is 5.02. The largest absolute Gasteiger partial charge is 0.305 e. The minimum Gasteiger partial charge on any atom is -0.305 e. The van der Waals surface area contributed by atoms with E-state index in [4.69, 9.17) is 0 Å². The minimum absolute atomic E-state index is 0.101. The van der Waals surface area contributed by atoms with Gasteiger partial charge in [0, 0.05) is 23.0 Å². The first-order valence-corrected chi connectivity index (χ1v) is 7.10. The molecule has 0 saturated heterocycles. The first-order chi connectivity index (χ1) is 8.56. The lowest BCUT2D eigenvalue weighted by molar-refractivity contribution is 0.539. The fourth-order valence-electron chi connectivity index (χ4n) is 1.60. The number of hydrogen-bond donors (Lipinski definition) is 1. The molecule has 1 nitrogen and oxygen atoms in total. The van der Waals surface area contributed by atoms with Crippen LogP contribution >= 0.6 is 27.3 Å². The van der Waals surface area contributed by atoms with E-state index in [1.54, 1.807) is 11.3 Å². The van der Waals surface area contributed by atoms with Crippen LogP contribution in [0.1, 0.15) is 23.4 Å². The summed E-state index contributed by atoms with van der Waals surface area (Å²) in [7, 11) is 0. The molecular weight excluding hydrogens is 320 g/mol. The number of rotatable bonds is 4. The average molecular weight is 332 g/mol. The number of thiophene rings is 1. The van der Waals surface area contributed by atoms with Crippen LogP contribution in [-0.2, 0) is 6.54 Å². The van der Waals surface area contributed by atoms with Gasteiger partial charge in [-0.25, -0.2) is 8.78 Å². The van der Waals surface area contributed by atoms with Crippen LogP contribution in [0.2, 0.25) is 0 Å². The predicted molar refractivity (Wildman–Crippen MR) is 73.6 cm³/mol. The zero-order chi connectivity index (χ0) is 13.1. The first-order valence-electron chi connectivity index (χ1n) is 5.49. The highest BCUT2D eigenvalue weighted by Gasteiger charge is 2.09. The van der Waals surface area contributed by atoms with Crippen LogP contribution in [0.4, 0.5) is 8.78 Å². The summed E-state index contributed by atoms with van der Waals surface area (Å²) in [4.78, 5) is 1.15. The molecule has 2 aromatic rings. The van der Waals surface area contributed by atoms with Crippen LogP contribution in [0, 0.1) is 11.6 Å². The summed E-state index contributed by atoms with van der Waals surface area (Å²) < 4.78 is 27.5. The van der Waals surface area contributed by atoms with Crippen molar-refractivity contribution in [1.82, 2.24) is 5.32 Å². The molecule has 5 heteroatoms. The van der Waals surface area contributed by atoms with Gasteiger partial charge in [-0.2, -0.15) is 0 Å². The molecule has 0 fully saturated rings. The van der Waals surface area contributed by atoms with Gasteiger partial charge in [-0.05, 0) is 53.2 Å². The van der Waals surface area contributed by atoms with E-state index in [1.165, 1.54) is 6.07 Å². The first kappa shape index (κ1) is 13.6. The quantitative estimate of drug-likeness (QED) is 0.860. The zero-order valence-electron chi connectivity index (χ0n) is 9.71. The summed E-state index contributed by atoms with van der Waals surface area (Å²) in [6.45, 7) is 2.30. The molecule has 0 aliphatic carbocycles. The summed E-state index contributed by atoms with van der Waals surface area (Å²) in [5, 5.41) is 3.18. The van der Waals surface area contributed by atoms with Crippen LogP contribution in [0.15, 0.2) is 34.1 Å². The molecule has 1 heterocycles. The van der Waals surface area contributed by atoms with Crippen molar-refractivity contribution in [2.75, 3.05) is 0 Å². The molecule has 0 amide bonds. The molecule has 0 aliphatic heterocycles. The molecule has 1 N–H and O–H groups in total. The molecule has 0 radical (unpaired) electrons. The van der Waals surface area contributed by atoms with Crippen molar-refractivity contribution < 1.29 is 8.78 Å². The lowest BCUT2D eigenvalue weighted by atomic mass is 10.2. The van der Waals surface area contributed by atoms with Crippen LogP contribution < -0.4 is 5.32 Å². The van der Waals surface area contributed by atoms with Crippen molar-refractivity contribution in [2.45, 2.75) is 19.5 Å². The topological polar surface area (TPSA) is 12.0 Å². The highest BCUT2D eigenvalue weighted by atomic mass is 79.9. The maximum atomic E-state index is 13.4. The summed E-state index contributed by atoms with van der Waals surface area (Å²) in [5.74, 6) is -0.803. The highest BCUT2D eigenvalue weighted by molar-refractivity contribution is 9.11. The smallest absolute Gasteiger partial charge is 0.127 e. The summed E-state index contributed by atoms with van der Waals surface area (Å²) in [5.41, 5.74) is 0.345. The molecule has 0 spiro atoms. The second-order valence-electron chi connectivity index (χ2n) is 3.98. The number of nitrogens with one attached hydrogen (secondary N) is 1. The van der Waals surface area contributed by atoms with Crippen LogP contribution in [0.5, 0.6) is 0 Å². The fourth-order valence-corrected chi connectivity index (χ4v) is 3.05. The fraction of sp³-hybridized carbons (Fsp3) is 0.231. The van der Waals surface area contributed by atoms with Crippen molar-refractivity contribution in [1.29, 1.82) is 0 Å². The highest BCUT2D eigenvalue weighted by Crippen LogP contribution is 2.27. The van der Waals surface area contributed by atoms with E-state index in [9.17, 15) is 8.78 Å². The molecule has 1 aromatic carbocycles. The van der Waals surface area contributed by atoms with Gasteiger partial charge in [-0.15, -0.1) is 11.3 Å². The predicted octanol–water partition coefficient (Wildman–Crippen LogP) is 4.64. The van der Waals surface area contributed by atoms with Gasteiger partial charge >= 0.3 is 0 Å². The Kier molecular flexibility index (Phi) is 4.48. The Morgan fingerprint density at radius 2 is 2.06 bits per heavy atom. The Morgan fingerprint density at radius 1 is 1.28 bits per heavy atom. The van der Waals surface area contributed by atoms with Crippen molar-refractivity contribution in [2.24, 2.45) is 0 Å². The van der Waals surface area contributed by atoms with Gasteiger partial charge in [0.25, 0.3) is 0 Å². The van der Waals surface area contributed by atoms with E-state index in [2.05, 4.69) is 21.2 Å². The van der Waals surface area contributed by atoms with Gasteiger partial charge in [-0.1, -0.05) is 0 Å². The maximum Gasteiger partial charge on any atom is 0.127 e. The molecule has 96 valence electrons. The standard InChI is InChI=1S/C13H12BrF2NS/c1-8(12-4-5-13(14)18-12)17-7-9-6-10(15)2-3-11(9)16/h2-6,8,17H,7H2,1H3. The number of benzene rings is 1. The Balaban J connectivity index is 2.01. The Bertz CT molecular complexity index is 542. The van der Waals surface area contributed by atoms with E-state index >= 15 is 0 Å². The Hall–Kier alpha value is -0.780. The average Bonchev–Trinajstić information content (AvgIpc) is 2.77. The molecule has 2 rings (SSSR count). The molecule has 0 bridgehead atoms. The lowest BCUT2D eigenvalue weighted by Crippen LogP contribution is -2.18. The van der Waals surface area contributed by atoms with E-state index in [0.29, 0.717) is 12.1 Å². The van der Waals surface area contributed by atoms with E-state index in [1.807, 2.05) is 19.1 Å². The van der Waals surface area contributed by atoms with Gasteiger partial charge in [0.15, 0.2) is 0 Å². The molecule has 1 unspecified atom stereocenters. The molecular formula is C13H12BrF2NS. The normalized spacial score (nSPS) is 12.7. The van der Waals surface area contributed by atoms with E-state index in [0.717, 1.165) is 20.8 Å². The van der Waals surface area contributed by atoms with Crippen molar-refractivity contribution in [3.8, 4) is 0 Å². The molecule has 18 heavy (non-hydrogen) atoms. The van der Waals surface area contributed by atoms with Gasteiger partial charge in [0.2, 0.25) is 0 Å². The number of halogens is 3. The van der Waals surface area contributed by atoms with Crippen LogP contribution in [-0.4, -0.2) is 0 Å². The Morgan fingerprint density at radius 3 is 2.72 bits per heavy atom. The van der Waals surface area contributed by atoms with Gasteiger partial charge in [0.05, 0.1) is 3.79 Å². The van der Waals surface area contributed by atoms with Crippen molar-refractivity contribution in [3.63, 3.8) is 0 Å². The van der Waals surface area contributed by atoms with Crippen LogP contribution in [0.3, 0.4) is 0 Å². The lowest BCUT2D eigenvalue weighted by Gasteiger charge is -2.12. The third kappa shape index (κ3) is 3.37. The van der Waals surface area contributed by atoms with E-state index < -0.39 is 5.82 Å².